The predicted molar refractivity (Wildman–Crippen MR) is 99.3 cm³/mol. The first-order valence-electron chi connectivity index (χ1n) is 8.57. The Hall–Kier alpha value is -3.76. The average Bonchev–Trinajstić information content (AvgIpc) is 3.36. The van der Waals surface area contributed by atoms with Gasteiger partial charge in [0.05, 0.1) is 30.2 Å². The maximum absolute atomic E-state index is 13.2. The second-order valence-corrected chi connectivity index (χ2v) is 6.40. The Morgan fingerprint density at radius 1 is 1.28 bits per heavy atom. The van der Waals surface area contributed by atoms with Crippen molar-refractivity contribution in [3.8, 4) is 22.7 Å². The van der Waals surface area contributed by atoms with Crippen molar-refractivity contribution in [3.05, 3.63) is 47.7 Å². The molecule has 11 heteroatoms. The highest BCUT2D eigenvalue weighted by molar-refractivity contribution is 5.95. The van der Waals surface area contributed by atoms with Crippen LogP contribution in [0.1, 0.15) is 28.3 Å². The Labute approximate surface area is 163 Å². The van der Waals surface area contributed by atoms with Crippen molar-refractivity contribution >= 4 is 11.4 Å². The molecule has 150 valence electrons. The summed E-state index contributed by atoms with van der Waals surface area (Å²) in [5.74, 6) is -0.555. The molecule has 0 aliphatic carbocycles. The number of fused-ring (bicyclic) bond motifs is 1. The number of amides is 1. The van der Waals surface area contributed by atoms with Gasteiger partial charge in [-0.25, -0.2) is 13.9 Å². The second kappa shape index (κ2) is 6.69. The van der Waals surface area contributed by atoms with Gasteiger partial charge in [-0.2, -0.15) is 19.0 Å². The fourth-order valence-corrected chi connectivity index (χ4v) is 3.36. The predicted octanol–water partition coefficient (Wildman–Crippen LogP) is 2.50. The Bertz CT molecular complexity index is 1240. The third-order valence-corrected chi connectivity index (χ3v) is 4.69. The van der Waals surface area contributed by atoms with Crippen molar-refractivity contribution in [2.45, 2.75) is 20.4 Å². The fourth-order valence-electron chi connectivity index (χ4n) is 3.36. The lowest BCUT2D eigenvalue weighted by Gasteiger charge is -2.05. The number of primary amides is 1. The number of pyridine rings is 1. The minimum Gasteiger partial charge on any atom is -0.479 e. The molecule has 0 aromatic carbocycles. The van der Waals surface area contributed by atoms with Crippen LogP contribution in [-0.2, 0) is 0 Å². The number of rotatable bonds is 5. The smallest absolute Gasteiger partial charge is 0.333 e. The van der Waals surface area contributed by atoms with Gasteiger partial charge in [-0.05, 0) is 26.0 Å². The summed E-state index contributed by atoms with van der Waals surface area (Å²) in [5, 5.41) is 12.5. The Balaban J connectivity index is 1.88. The molecule has 0 fully saturated rings. The molecule has 4 aromatic heterocycles. The monoisotopic (exact) mass is 401 g/mol. The first-order valence-corrected chi connectivity index (χ1v) is 8.57. The molecule has 0 atom stereocenters. The maximum atomic E-state index is 13.2. The number of nitrogens with two attached hydrogens (primary N) is 1. The number of methoxy groups -OCH3 is 1. The zero-order valence-electron chi connectivity index (χ0n) is 15.8. The van der Waals surface area contributed by atoms with Gasteiger partial charge in [0.25, 0.3) is 5.91 Å². The molecular weight excluding hydrogens is 384 g/mol. The first-order chi connectivity index (χ1) is 13.8. The van der Waals surface area contributed by atoms with E-state index in [0.717, 1.165) is 0 Å². The van der Waals surface area contributed by atoms with Crippen LogP contribution in [0.5, 0.6) is 5.88 Å². The van der Waals surface area contributed by atoms with E-state index >= 15 is 0 Å². The molecule has 0 spiro atoms. The topological polar surface area (TPSA) is 105 Å². The van der Waals surface area contributed by atoms with E-state index in [1.165, 1.54) is 18.0 Å². The van der Waals surface area contributed by atoms with Crippen LogP contribution in [0.25, 0.3) is 22.3 Å². The van der Waals surface area contributed by atoms with E-state index in [0.29, 0.717) is 38.4 Å². The summed E-state index contributed by atoms with van der Waals surface area (Å²) >= 11 is 0. The molecular formula is C18H17F2N7O2. The van der Waals surface area contributed by atoms with E-state index in [1.807, 2.05) is 0 Å². The van der Waals surface area contributed by atoms with Crippen LogP contribution >= 0.6 is 0 Å². The average molecular weight is 401 g/mol. The molecule has 4 heterocycles. The SMILES string of the molecule is COc1nn(-c2ccn3ncc(-c4c(C)nn(C(F)F)c4C)c3c2)cc1C(N)=O. The van der Waals surface area contributed by atoms with Gasteiger partial charge < -0.3 is 10.5 Å². The minimum absolute atomic E-state index is 0.107. The van der Waals surface area contributed by atoms with Gasteiger partial charge in [-0.15, -0.1) is 5.10 Å². The van der Waals surface area contributed by atoms with Crippen LogP contribution in [-0.4, -0.2) is 42.2 Å². The largest absolute Gasteiger partial charge is 0.479 e. The zero-order valence-corrected chi connectivity index (χ0v) is 15.8. The van der Waals surface area contributed by atoms with Crippen molar-refractivity contribution in [2.75, 3.05) is 7.11 Å². The van der Waals surface area contributed by atoms with Gasteiger partial charge >= 0.3 is 6.55 Å². The Morgan fingerprint density at radius 2 is 2.03 bits per heavy atom. The van der Waals surface area contributed by atoms with E-state index in [4.69, 9.17) is 10.5 Å². The van der Waals surface area contributed by atoms with Crippen molar-refractivity contribution < 1.29 is 18.3 Å². The number of halogens is 2. The Morgan fingerprint density at radius 3 is 2.62 bits per heavy atom. The van der Waals surface area contributed by atoms with Crippen LogP contribution in [0.2, 0.25) is 0 Å². The highest BCUT2D eigenvalue weighted by atomic mass is 19.3. The van der Waals surface area contributed by atoms with Crippen LogP contribution in [0.3, 0.4) is 0 Å². The highest BCUT2D eigenvalue weighted by Gasteiger charge is 2.22. The summed E-state index contributed by atoms with van der Waals surface area (Å²) in [5.41, 5.74) is 8.84. The zero-order chi connectivity index (χ0) is 20.9. The van der Waals surface area contributed by atoms with Gasteiger partial charge in [0.1, 0.15) is 5.56 Å². The molecule has 0 aliphatic rings. The third-order valence-electron chi connectivity index (χ3n) is 4.69. The van der Waals surface area contributed by atoms with Gasteiger partial charge in [0.15, 0.2) is 0 Å². The number of ether oxygens (including phenoxy) is 1. The van der Waals surface area contributed by atoms with E-state index in [9.17, 15) is 13.6 Å². The van der Waals surface area contributed by atoms with E-state index < -0.39 is 12.5 Å². The van der Waals surface area contributed by atoms with Crippen molar-refractivity contribution in [1.29, 1.82) is 0 Å². The van der Waals surface area contributed by atoms with Gasteiger partial charge in [-0.1, -0.05) is 0 Å². The third kappa shape index (κ3) is 2.91. The summed E-state index contributed by atoms with van der Waals surface area (Å²) in [4.78, 5) is 11.6. The molecule has 0 bridgehead atoms. The first kappa shape index (κ1) is 18.6. The molecule has 0 saturated carbocycles. The van der Waals surface area contributed by atoms with E-state index in [2.05, 4.69) is 15.3 Å². The van der Waals surface area contributed by atoms with E-state index in [-0.39, 0.29) is 11.4 Å². The fraction of sp³-hybridized carbons (Fsp3) is 0.222. The van der Waals surface area contributed by atoms with Crippen molar-refractivity contribution in [3.63, 3.8) is 0 Å². The van der Waals surface area contributed by atoms with Crippen molar-refractivity contribution in [1.82, 2.24) is 29.2 Å². The number of aryl methyl sites for hydroxylation is 1. The molecule has 0 radical (unpaired) electrons. The molecule has 0 saturated heterocycles. The summed E-state index contributed by atoms with van der Waals surface area (Å²) in [6.45, 7) is 0.530. The number of carbonyl (C=O) groups is 1. The van der Waals surface area contributed by atoms with E-state index in [1.54, 1.807) is 42.9 Å². The number of hydrogen-bond acceptors (Lipinski definition) is 5. The molecule has 29 heavy (non-hydrogen) atoms. The molecule has 2 N–H and O–H groups in total. The molecule has 1 amide bonds. The lowest BCUT2D eigenvalue weighted by Crippen LogP contribution is -2.11. The van der Waals surface area contributed by atoms with Gasteiger partial charge in [0, 0.05) is 29.2 Å². The summed E-state index contributed by atoms with van der Waals surface area (Å²) in [7, 11) is 1.39. The highest BCUT2D eigenvalue weighted by Crippen LogP contribution is 2.33. The normalized spacial score (nSPS) is 11.5. The molecule has 0 unspecified atom stereocenters. The molecule has 0 aliphatic heterocycles. The van der Waals surface area contributed by atoms with Gasteiger partial charge in [0.2, 0.25) is 5.88 Å². The Kier molecular flexibility index (Phi) is 4.29. The minimum atomic E-state index is -2.73. The van der Waals surface area contributed by atoms with Crippen LogP contribution in [0, 0.1) is 13.8 Å². The number of carbonyl (C=O) groups excluding carboxylic acids is 1. The van der Waals surface area contributed by atoms with Gasteiger partial charge in [-0.3, -0.25) is 4.79 Å². The van der Waals surface area contributed by atoms with Crippen LogP contribution in [0.4, 0.5) is 8.78 Å². The number of hydrogen-bond donors (Lipinski definition) is 1. The van der Waals surface area contributed by atoms with Crippen LogP contribution < -0.4 is 10.5 Å². The number of aromatic nitrogens is 6. The maximum Gasteiger partial charge on any atom is 0.333 e. The quantitative estimate of drug-likeness (QED) is 0.553. The molecule has 9 nitrogen and oxygen atoms in total. The molecule has 4 rings (SSSR count). The second-order valence-electron chi connectivity index (χ2n) is 6.40. The summed E-state index contributed by atoms with van der Waals surface area (Å²) in [6, 6.07) is 3.52. The summed E-state index contributed by atoms with van der Waals surface area (Å²) < 4.78 is 35.3. The lowest BCUT2D eigenvalue weighted by atomic mass is 10.1. The lowest BCUT2D eigenvalue weighted by molar-refractivity contribution is 0.0542. The van der Waals surface area contributed by atoms with Crippen molar-refractivity contribution in [2.24, 2.45) is 5.73 Å². The summed E-state index contributed by atoms with van der Waals surface area (Å²) in [6.07, 6.45) is 4.77. The number of alkyl halides is 2. The number of nitrogens with zero attached hydrogens (tertiary/aromatic N) is 6. The standard InChI is InChI=1S/C18H17F2N7O2/c1-9-15(10(2)27(23-9)18(19)20)12-7-22-25-5-4-11(6-14(12)25)26-8-13(16(21)28)17(24-26)29-3/h4-8,18H,1-3H3,(H2,21,28). The molecule has 4 aromatic rings. The van der Waals surface area contributed by atoms with Crippen LogP contribution in [0.15, 0.2) is 30.7 Å².